The molecule has 1 N–H and O–H groups in total. The first-order chi connectivity index (χ1) is 17.1. The molecule has 1 amide bonds. The Balaban J connectivity index is 1.37. The van der Waals surface area contributed by atoms with Gasteiger partial charge < -0.3 is 9.84 Å². The van der Waals surface area contributed by atoms with E-state index in [-0.39, 0.29) is 12.5 Å². The summed E-state index contributed by atoms with van der Waals surface area (Å²) in [6, 6.07) is 14.1. The van der Waals surface area contributed by atoms with Crippen LogP contribution in [0.3, 0.4) is 0 Å². The summed E-state index contributed by atoms with van der Waals surface area (Å²) in [5.41, 5.74) is 3.75. The van der Waals surface area contributed by atoms with Crippen LogP contribution in [-0.4, -0.2) is 39.7 Å². The number of para-hydroxylation sites is 2. The van der Waals surface area contributed by atoms with Gasteiger partial charge in [-0.1, -0.05) is 57.2 Å². The number of carbonyl (C=O) groups excluding carboxylic acids is 1. The standard InChI is InChI=1S/C29H36N4O3/c1-19-9-8-10-20(2)26(19)36-15-24(34)30-31-25-22-11-6-7-12-23(22)33(27(25)35)18-32-17-29(5)14-21(32)13-28(3,4)16-29/h6-12,21,35H,13-18H2,1-5H3/t21-,29-/m0/s1. The van der Waals surface area contributed by atoms with Gasteiger partial charge in [-0.3, -0.25) is 14.3 Å². The van der Waals surface area contributed by atoms with Crippen LogP contribution in [0.2, 0.25) is 0 Å². The van der Waals surface area contributed by atoms with Crippen molar-refractivity contribution in [3.8, 4) is 11.6 Å². The van der Waals surface area contributed by atoms with Crippen LogP contribution in [-0.2, 0) is 11.5 Å². The van der Waals surface area contributed by atoms with Crippen LogP contribution in [0, 0.1) is 24.7 Å². The van der Waals surface area contributed by atoms with Crippen molar-refractivity contribution in [3.05, 3.63) is 53.6 Å². The maximum Gasteiger partial charge on any atom is 0.302 e. The molecule has 0 radical (unpaired) electrons. The molecular weight excluding hydrogens is 452 g/mol. The molecule has 2 fully saturated rings. The Hall–Kier alpha value is -3.19. The number of hydrogen-bond donors (Lipinski definition) is 1. The number of aryl methyl sites for hydroxylation is 2. The van der Waals surface area contributed by atoms with Crippen molar-refractivity contribution in [1.29, 1.82) is 0 Å². The lowest BCUT2D eigenvalue weighted by Gasteiger charge is -2.40. The fourth-order valence-corrected chi connectivity index (χ4v) is 6.73. The number of nitrogens with zero attached hydrogens (tertiary/aromatic N) is 4. The van der Waals surface area contributed by atoms with Crippen molar-refractivity contribution in [1.82, 2.24) is 9.47 Å². The zero-order chi connectivity index (χ0) is 25.7. The normalized spacial score (nSPS) is 23.5. The second-order valence-electron chi connectivity index (χ2n) is 11.8. The molecule has 0 spiro atoms. The maximum atomic E-state index is 12.5. The van der Waals surface area contributed by atoms with Crippen molar-refractivity contribution < 1.29 is 14.6 Å². The number of ether oxygens (including phenoxy) is 1. The maximum absolute atomic E-state index is 12.5. The summed E-state index contributed by atoms with van der Waals surface area (Å²) >= 11 is 0. The number of azo groups is 1. The van der Waals surface area contributed by atoms with Gasteiger partial charge >= 0.3 is 5.91 Å². The second-order valence-corrected chi connectivity index (χ2v) is 11.8. The fourth-order valence-electron chi connectivity index (χ4n) is 6.73. The van der Waals surface area contributed by atoms with Gasteiger partial charge in [0.15, 0.2) is 12.3 Å². The molecule has 0 unspecified atom stereocenters. The van der Waals surface area contributed by atoms with E-state index in [1.54, 1.807) is 0 Å². The highest BCUT2D eigenvalue weighted by molar-refractivity contribution is 5.95. The number of likely N-dealkylation sites (tertiary alicyclic amines) is 1. The van der Waals surface area contributed by atoms with Gasteiger partial charge in [0.1, 0.15) is 5.75 Å². The molecule has 2 bridgehead atoms. The summed E-state index contributed by atoms with van der Waals surface area (Å²) in [4.78, 5) is 15.0. The van der Waals surface area contributed by atoms with E-state index in [0.717, 1.165) is 35.0 Å². The van der Waals surface area contributed by atoms with Crippen molar-refractivity contribution >= 4 is 22.5 Å². The third kappa shape index (κ3) is 4.64. The average Bonchev–Trinajstić information content (AvgIpc) is 3.20. The summed E-state index contributed by atoms with van der Waals surface area (Å²) in [6.45, 7) is 12.4. The minimum absolute atomic E-state index is 0.0364. The van der Waals surface area contributed by atoms with Crippen LogP contribution in [0.1, 0.15) is 51.2 Å². The van der Waals surface area contributed by atoms with Crippen molar-refractivity contribution in [2.45, 2.75) is 66.6 Å². The number of rotatable bonds is 6. The first-order valence-electron chi connectivity index (χ1n) is 12.7. The lowest BCUT2D eigenvalue weighted by atomic mass is 9.65. The van der Waals surface area contributed by atoms with Crippen molar-refractivity contribution in [2.75, 3.05) is 13.2 Å². The topological polar surface area (TPSA) is 79.4 Å². The predicted molar refractivity (Wildman–Crippen MR) is 141 cm³/mol. The predicted octanol–water partition coefficient (Wildman–Crippen LogP) is 6.51. The second kappa shape index (κ2) is 9.04. The molecule has 2 atom stereocenters. The Labute approximate surface area is 212 Å². The summed E-state index contributed by atoms with van der Waals surface area (Å²) in [5, 5.41) is 20.1. The van der Waals surface area contributed by atoms with Crippen molar-refractivity contribution in [3.63, 3.8) is 0 Å². The molecule has 190 valence electrons. The van der Waals surface area contributed by atoms with Crippen LogP contribution >= 0.6 is 0 Å². The Kier molecular flexibility index (Phi) is 6.15. The first-order valence-corrected chi connectivity index (χ1v) is 12.7. The minimum atomic E-state index is -0.502. The van der Waals surface area contributed by atoms with Gasteiger partial charge in [0, 0.05) is 18.0 Å². The fraction of sp³-hybridized carbons (Fsp3) is 0.483. The zero-order valence-corrected chi connectivity index (χ0v) is 21.9. The molecule has 7 heteroatoms. The van der Waals surface area contributed by atoms with Gasteiger partial charge in [0.05, 0.1) is 12.2 Å². The van der Waals surface area contributed by atoms with Crippen LogP contribution in [0.4, 0.5) is 5.69 Å². The highest BCUT2D eigenvalue weighted by Gasteiger charge is 2.49. The van der Waals surface area contributed by atoms with E-state index in [4.69, 9.17) is 4.74 Å². The van der Waals surface area contributed by atoms with Gasteiger partial charge in [-0.2, -0.15) is 0 Å². The van der Waals surface area contributed by atoms with Crippen LogP contribution in [0.5, 0.6) is 11.6 Å². The number of fused-ring (bicyclic) bond motifs is 3. The molecule has 36 heavy (non-hydrogen) atoms. The van der Waals surface area contributed by atoms with E-state index < -0.39 is 5.91 Å². The highest BCUT2D eigenvalue weighted by atomic mass is 16.5. The van der Waals surface area contributed by atoms with E-state index >= 15 is 0 Å². The molecule has 1 aliphatic carbocycles. The minimum Gasteiger partial charge on any atom is -0.493 e. The van der Waals surface area contributed by atoms with E-state index in [1.807, 2.05) is 60.9 Å². The largest absolute Gasteiger partial charge is 0.493 e. The van der Waals surface area contributed by atoms with Gasteiger partial charge in [0.2, 0.25) is 5.88 Å². The molecule has 1 saturated heterocycles. The third-order valence-corrected chi connectivity index (χ3v) is 7.77. The Morgan fingerprint density at radius 1 is 1.08 bits per heavy atom. The molecule has 5 rings (SSSR count). The lowest BCUT2D eigenvalue weighted by Crippen LogP contribution is -2.35. The number of aromatic nitrogens is 1. The molecule has 1 aromatic heterocycles. The third-order valence-electron chi connectivity index (χ3n) is 7.77. The molecule has 2 aliphatic rings. The average molecular weight is 489 g/mol. The number of amides is 1. The van der Waals surface area contributed by atoms with Gasteiger partial charge in [-0.25, -0.2) is 0 Å². The number of carbonyl (C=O) groups is 1. The molecular formula is C29H36N4O3. The van der Waals surface area contributed by atoms with E-state index in [0.29, 0.717) is 35.0 Å². The molecule has 1 saturated carbocycles. The van der Waals surface area contributed by atoms with Crippen LogP contribution in [0.25, 0.3) is 10.9 Å². The Morgan fingerprint density at radius 2 is 1.81 bits per heavy atom. The van der Waals surface area contributed by atoms with Crippen molar-refractivity contribution in [2.24, 2.45) is 21.1 Å². The SMILES string of the molecule is Cc1cccc(C)c1OCC(=O)N=Nc1c(O)n(CN2C[C@@]3(C)C[C@@H]2CC(C)(C)C3)c2ccccc12. The summed E-state index contributed by atoms with van der Waals surface area (Å²) in [5.74, 6) is 0.222. The quantitative estimate of drug-likeness (QED) is 0.401. The molecule has 1 aliphatic heterocycles. The first kappa shape index (κ1) is 24.5. The van der Waals surface area contributed by atoms with Gasteiger partial charge in [-0.15, -0.1) is 10.2 Å². The molecule has 2 aromatic carbocycles. The monoisotopic (exact) mass is 488 g/mol. The zero-order valence-electron chi connectivity index (χ0n) is 21.9. The Morgan fingerprint density at radius 3 is 2.56 bits per heavy atom. The molecule has 3 aromatic rings. The number of hydrogen-bond acceptors (Lipinski definition) is 5. The number of benzene rings is 2. The molecule has 7 nitrogen and oxygen atoms in total. The van der Waals surface area contributed by atoms with Crippen LogP contribution in [0.15, 0.2) is 52.7 Å². The van der Waals surface area contributed by atoms with Crippen LogP contribution < -0.4 is 4.74 Å². The highest BCUT2D eigenvalue weighted by Crippen LogP contribution is 2.53. The summed E-state index contributed by atoms with van der Waals surface area (Å²) in [7, 11) is 0. The lowest BCUT2D eigenvalue weighted by molar-refractivity contribution is -0.120. The van der Waals surface area contributed by atoms with E-state index in [1.165, 1.54) is 12.8 Å². The summed E-state index contributed by atoms with van der Waals surface area (Å²) < 4.78 is 7.62. The summed E-state index contributed by atoms with van der Waals surface area (Å²) in [6.07, 6.45) is 3.57. The Bertz CT molecular complexity index is 1320. The number of aromatic hydroxyl groups is 1. The van der Waals surface area contributed by atoms with Gasteiger partial charge in [0.25, 0.3) is 0 Å². The van der Waals surface area contributed by atoms with E-state index in [2.05, 4.69) is 35.9 Å². The van der Waals surface area contributed by atoms with Gasteiger partial charge in [-0.05, 0) is 61.1 Å². The van der Waals surface area contributed by atoms with E-state index in [9.17, 15) is 9.90 Å². The molecule has 2 heterocycles. The smallest absolute Gasteiger partial charge is 0.302 e.